The second kappa shape index (κ2) is 6.34. The summed E-state index contributed by atoms with van der Waals surface area (Å²) in [5.41, 5.74) is 0. The molecule has 0 bridgehead atoms. The summed E-state index contributed by atoms with van der Waals surface area (Å²) in [7, 11) is 3.26. The third-order valence-corrected chi connectivity index (χ3v) is 1.85. The Balaban J connectivity index is 2.95. The van der Waals surface area contributed by atoms with Crippen molar-refractivity contribution in [1.82, 2.24) is 15.0 Å². The van der Waals surface area contributed by atoms with E-state index in [1.54, 1.807) is 7.05 Å². The maximum atomic E-state index is 5.49. The van der Waals surface area contributed by atoms with Crippen molar-refractivity contribution in [3.63, 3.8) is 0 Å². The molecular formula is C11H21N5O2. The zero-order valence-electron chi connectivity index (χ0n) is 11.8. The molecule has 0 aliphatic rings. The van der Waals surface area contributed by atoms with E-state index in [1.807, 2.05) is 27.7 Å². The third kappa shape index (κ3) is 4.33. The van der Waals surface area contributed by atoms with E-state index < -0.39 is 0 Å². The number of aromatic nitrogens is 3. The molecule has 7 nitrogen and oxygen atoms in total. The van der Waals surface area contributed by atoms with Crippen LogP contribution < -0.4 is 15.1 Å². The SMILES string of the molecule is COc1nc(NC(C)C)nc(N(C)OC(C)C)n1. The lowest BCUT2D eigenvalue weighted by Gasteiger charge is -2.20. The fraction of sp³-hybridized carbons (Fsp3) is 0.727. The highest BCUT2D eigenvalue weighted by molar-refractivity contribution is 5.36. The molecule has 0 aromatic carbocycles. The first-order chi connectivity index (χ1) is 8.42. The van der Waals surface area contributed by atoms with E-state index in [9.17, 15) is 0 Å². The first-order valence-electron chi connectivity index (χ1n) is 5.89. The van der Waals surface area contributed by atoms with Crippen molar-refractivity contribution in [3.8, 4) is 6.01 Å². The normalized spacial score (nSPS) is 10.9. The Kier molecular flexibility index (Phi) is 5.08. The van der Waals surface area contributed by atoms with Crippen LogP contribution in [0.3, 0.4) is 0 Å². The van der Waals surface area contributed by atoms with E-state index >= 15 is 0 Å². The molecule has 1 heterocycles. The molecule has 0 saturated carbocycles. The van der Waals surface area contributed by atoms with Gasteiger partial charge < -0.3 is 10.1 Å². The monoisotopic (exact) mass is 255 g/mol. The molecule has 102 valence electrons. The first-order valence-corrected chi connectivity index (χ1v) is 5.89. The van der Waals surface area contributed by atoms with E-state index in [1.165, 1.54) is 12.2 Å². The molecule has 0 unspecified atom stereocenters. The maximum Gasteiger partial charge on any atom is 0.322 e. The Labute approximate surface area is 108 Å². The summed E-state index contributed by atoms with van der Waals surface area (Å²) >= 11 is 0. The number of methoxy groups -OCH3 is 1. The van der Waals surface area contributed by atoms with Crippen LogP contribution in [0.2, 0.25) is 0 Å². The second-order valence-corrected chi connectivity index (χ2v) is 4.40. The van der Waals surface area contributed by atoms with Gasteiger partial charge in [-0.25, -0.2) is 5.06 Å². The molecule has 0 saturated heterocycles. The van der Waals surface area contributed by atoms with Gasteiger partial charge in [0.1, 0.15) is 0 Å². The van der Waals surface area contributed by atoms with E-state index in [-0.39, 0.29) is 18.2 Å². The molecule has 0 atom stereocenters. The lowest BCUT2D eigenvalue weighted by atomic mass is 10.4. The number of hydrogen-bond donors (Lipinski definition) is 1. The topological polar surface area (TPSA) is 72.4 Å². The maximum absolute atomic E-state index is 5.49. The van der Waals surface area contributed by atoms with Gasteiger partial charge in [0.2, 0.25) is 5.95 Å². The molecule has 1 rings (SSSR count). The van der Waals surface area contributed by atoms with Crippen molar-refractivity contribution < 1.29 is 9.57 Å². The van der Waals surface area contributed by atoms with E-state index in [0.29, 0.717) is 11.9 Å². The Morgan fingerprint density at radius 1 is 1.11 bits per heavy atom. The van der Waals surface area contributed by atoms with Gasteiger partial charge in [-0.15, -0.1) is 0 Å². The molecule has 0 spiro atoms. The van der Waals surface area contributed by atoms with Crippen molar-refractivity contribution >= 4 is 11.9 Å². The highest BCUT2D eigenvalue weighted by Gasteiger charge is 2.12. The van der Waals surface area contributed by atoms with Crippen LogP contribution in [-0.2, 0) is 4.84 Å². The molecule has 7 heteroatoms. The molecule has 18 heavy (non-hydrogen) atoms. The van der Waals surface area contributed by atoms with Crippen LogP contribution in [-0.4, -0.2) is 41.3 Å². The molecule has 1 aromatic rings. The lowest BCUT2D eigenvalue weighted by Crippen LogP contribution is -2.25. The van der Waals surface area contributed by atoms with E-state index in [2.05, 4.69) is 20.3 Å². The Morgan fingerprint density at radius 2 is 1.78 bits per heavy atom. The van der Waals surface area contributed by atoms with Gasteiger partial charge in [-0.05, 0) is 27.7 Å². The van der Waals surface area contributed by atoms with Gasteiger partial charge in [0.05, 0.1) is 13.2 Å². The predicted molar refractivity (Wildman–Crippen MR) is 69.8 cm³/mol. The summed E-state index contributed by atoms with van der Waals surface area (Å²) in [6, 6.07) is 0.476. The summed E-state index contributed by atoms with van der Waals surface area (Å²) in [6.07, 6.45) is 0.0410. The van der Waals surface area contributed by atoms with Gasteiger partial charge in [0, 0.05) is 13.1 Å². The molecule has 1 aromatic heterocycles. The Hall–Kier alpha value is -1.63. The third-order valence-electron chi connectivity index (χ3n) is 1.85. The minimum atomic E-state index is 0.0410. The van der Waals surface area contributed by atoms with Crippen molar-refractivity contribution in [3.05, 3.63) is 0 Å². The highest BCUT2D eigenvalue weighted by Crippen LogP contribution is 2.15. The van der Waals surface area contributed by atoms with Gasteiger partial charge in [0.25, 0.3) is 5.95 Å². The van der Waals surface area contributed by atoms with Gasteiger partial charge in [-0.2, -0.15) is 15.0 Å². The van der Waals surface area contributed by atoms with Crippen molar-refractivity contribution in [2.75, 3.05) is 24.5 Å². The van der Waals surface area contributed by atoms with Gasteiger partial charge >= 0.3 is 6.01 Å². The number of ether oxygens (including phenoxy) is 1. The summed E-state index contributed by atoms with van der Waals surface area (Å²) < 4.78 is 5.05. The van der Waals surface area contributed by atoms with Crippen LogP contribution >= 0.6 is 0 Å². The zero-order chi connectivity index (χ0) is 13.7. The van der Waals surface area contributed by atoms with Crippen LogP contribution in [0.25, 0.3) is 0 Å². The summed E-state index contributed by atoms with van der Waals surface area (Å²) in [5.74, 6) is 0.866. The van der Waals surface area contributed by atoms with Crippen molar-refractivity contribution in [2.45, 2.75) is 39.8 Å². The quantitative estimate of drug-likeness (QED) is 0.772. The molecule has 0 aliphatic carbocycles. The lowest BCUT2D eigenvalue weighted by molar-refractivity contribution is 0.0640. The van der Waals surface area contributed by atoms with Crippen LogP contribution in [0.5, 0.6) is 6.01 Å². The van der Waals surface area contributed by atoms with Crippen LogP contribution in [0, 0.1) is 0 Å². The molecule has 1 N–H and O–H groups in total. The average molecular weight is 255 g/mol. The number of anilines is 2. The predicted octanol–water partition coefficient (Wildman–Crippen LogP) is 1.48. The largest absolute Gasteiger partial charge is 0.467 e. The zero-order valence-corrected chi connectivity index (χ0v) is 11.8. The van der Waals surface area contributed by atoms with Gasteiger partial charge in [-0.3, -0.25) is 4.84 Å². The average Bonchev–Trinajstić information content (AvgIpc) is 2.26. The summed E-state index contributed by atoms with van der Waals surface area (Å²) in [5, 5.41) is 4.60. The standard InChI is InChI=1S/C11H21N5O2/c1-7(2)12-9-13-10(15-11(14-9)17-6)16(5)18-8(3)4/h7-8H,1-6H3,(H,12,13,14,15). The highest BCUT2D eigenvalue weighted by atomic mass is 16.7. The number of hydrogen-bond acceptors (Lipinski definition) is 7. The number of rotatable bonds is 6. The van der Waals surface area contributed by atoms with E-state index in [4.69, 9.17) is 9.57 Å². The summed E-state index contributed by atoms with van der Waals surface area (Å²) in [4.78, 5) is 18.0. The van der Waals surface area contributed by atoms with Crippen LogP contribution in [0.4, 0.5) is 11.9 Å². The smallest absolute Gasteiger partial charge is 0.322 e. The van der Waals surface area contributed by atoms with Crippen LogP contribution in [0.15, 0.2) is 0 Å². The molecular weight excluding hydrogens is 234 g/mol. The van der Waals surface area contributed by atoms with Crippen LogP contribution in [0.1, 0.15) is 27.7 Å². The van der Waals surface area contributed by atoms with Crippen molar-refractivity contribution in [1.29, 1.82) is 0 Å². The second-order valence-electron chi connectivity index (χ2n) is 4.40. The fourth-order valence-electron chi connectivity index (χ4n) is 1.26. The molecule has 0 amide bonds. The van der Waals surface area contributed by atoms with Gasteiger partial charge in [0.15, 0.2) is 0 Å². The van der Waals surface area contributed by atoms with Crippen molar-refractivity contribution in [2.24, 2.45) is 0 Å². The summed E-state index contributed by atoms with van der Waals surface area (Å²) in [6.45, 7) is 7.87. The number of hydroxylamine groups is 1. The Morgan fingerprint density at radius 3 is 2.28 bits per heavy atom. The minimum Gasteiger partial charge on any atom is -0.467 e. The first kappa shape index (κ1) is 14.4. The number of nitrogens with zero attached hydrogens (tertiary/aromatic N) is 4. The minimum absolute atomic E-state index is 0.0410. The molecule has 0 radical (unpaired) electrons. The Bertz CT molecular complexity index is 384. The van der Waals surface area contributed by atoms with E-state index in [0.717, 1.165) is 0 Å². The van der Waals surface area contributed by atoms with Gasteiger partial charge in [-0.1, -0.05) is 0 Å². The molecule has 0 fully saturated rings. The number of nitrogens with one attached hydrogen (secondary N) is 1. The molecule has 0 aliphatic heterocycles. The fourth-order valence-corrected chi connectivity index (χ4v) is 1.26.